The molecular weight excluding hydrogens is 331 g/mol. The maximum absolute atomic E-state index is 12.9. The van der Waals surface area contributed by atoms with E-state index in [2.05, 4.69) is 52.8 Å². The molecule has 2 nitrogen and oxygen atoms in total. The predicted molar refractivity (Wildman–Crippen MR) is 102 cm³/mol. The molecule has 0 spiro atoms. The summed E-state index contributed by atoms with van der Waals surface area (Å²) < 4.78 is 12.9. The number of rotatable bonds is 5. The molecule has 0 aliphatic carbocycles. The lowest BCUT2D eigenvalue weighted by atomic mass is 10.0. The van der Waals surface area contributed by atoms with E-state index >= 15 is 0 Å². The van der Waals surface area contributed by atoms with E-state index in [1.807, 2.05) is 6.20 Å². The van der Waals surface area contributed by atoms with Gasteiger partial charge in [0.05, 0.1) is 4.88 Å². The largest absolute Gasteiger partial charge is 0.306 e. The monoisotopic (exact) mass is 348 g/mol. The van der Waals surface area contributed by atoms with Crippen molar-refractivity contribution in [3.63, 3.8) is 0 Å². The summed E-state index contributed by atoms with van der Waals surface area (Å²) in [7, 11) is 0. The van der Waals surface area contributed by atoms with Crippen molar-refractivity contribution in [3.8, 4) is 10.4 Å². The molecule has 0 radical (unpaired) electrons. The van der Waals surface area contributed by atoms with Gasteiger partial charge in [-0.3, -0.25) is 0 Å². The second kappa shape index (κ2) is 7.13. The van der Waals surface area contributed by atoms with Gasteiger partial charge in [0.1, 0.15) is 10.8 Å². The summed E-state index contributed by atoms with van der Waals surface area (Å²) in [4.78, 5) is 5.72. The molecule has 1 heterocycles. The van der Waals surface area contributed by atoms with Crippen LogP contribution in [0.5, 0.6) is 0 Å². The summed E-state index contributed by atoms with van der Waals surface area (Å²) >= 11 is 1.70. The number of nitrogens with zero attached hydrogens (tertiary/aromatic N) is 1. The Balaban J connectivity index is 1.47. The molecule has 0 bridgehead atoms. The van der Waals surface area contributed by atoms with E-state index in [4.69, 9.17) is 0 Å². The Hall–Kier alpha value is -2.56. The highest BCUT2D eigenvalue weighted by Gasteiger charge is 2.07. The van der Waals surface area contributed by atoms with E-state index in [0.717, 1.165) is 10.6 Å². The average Bonchev–Trinajstić information content (AvgIpc) is 3.12. The van der Waals surface area contributed by atoms with Crippen LogP contribution in [0, 0.1) is 5.82 Å². The van der Waals surface area contributed by atoms with Crippen molar-refractivity contribution in [1.29, 1.82) is 0 Å². The van der Waals surface area contributed by atoms with Gasteiger partial charge in [-0.15, -0.1) is 11.3 Å². The zero-order valence-corrected chi connectivity index (χ0v) is 14.4. The Bertz CT molecular complexity index is 987. The quantitative estimate of drug-likeness (QED) is 0.523. The summed E-state index contributed by atoms with van der Waals surface area (Å²) in [6.45, 7) is 1.40. The van der Waals surface area contributed by atoms with Crippen LogP contribution in [-0.4, -0.2) is 4.98 Å². The highest BCUT2D eigenvalue weighted by molar-refractivity contribution is 7.15. The minimum absolute atomic E-state index is 0.205. The first-order chi connectivity index (χ1) is 12.3. The minimum Gasteiger partial charge on any atom is -0.306 e. The number of aromatic nitrogens is 1. The first-order valence-corrected chi connectivity index (χ1v) is 8.99. The van der Waals surface area contributed by atoms with Crippen molar-refractivity contribution in [2.45, 2.75) is 13.1 Å². The Morgan fingerprint density at radius 3 is 2.56 bits per heavy atom. The van der Waals surface area contributed by atoms with Gasteiger partial charge in [0, 0.05) is 24.8 Å². The lowest BCUT2D eigenvalue weighted by molar-refractivity contribution is 0.625. The summed E-state index contributed by atoms with van der Waals surface area (Å²) in [5.41, 5.74) is 2.28. The third-order valence-corrected chi connectivity index (χ3v) is 5.16. The first-order valence-electron chi connectivity index (χ1n) is 8.17. The third kappa shape index (κ3) is 3.60. The van der Waals surface area contributed by atoms with Gasteiger partial charge in [0.25, 0.3) is 0 Å². The molecule has 0 aliphatic heterocycles. The highest BCUT2D eigenvalue weighted by Crippen LogP contribution is 2.32. The van der Waals surface area contributed by atoms with Crippen LogP contribution in [0.4, 0.5) is 4.39 Å². The van der Waals surface area contributed by atoms with E-state index in [1.165, 1.54) is 33.3 Å². The number of hydrogen-bond donors (Lipinski definition) is 1. The molecule has 1 aromatic heterocycles. The molecule has 25 heavy (non-hydrogen) atoms. The zero-order chi connectivity index (χ0) is 17.1. The summed E-state index contributed by atoms with van der Waals surface area (Å²) in [5.74, 6) is -0.205. The van der Waals surface area contributed by atoms with Crippen LogP contribution in [0.2, 0.25) is 0 Å². The normalized spacial score (nSPS) is 11.1. The average molecular weight is 348 g/mol. The van der Waals surface area contributed by atoms with Crippen molar-refractivity contribution in [3.05, 3.63) is 89.3 Å². The molecule has 0 saturated heterocycles. The molecular formula is C21H17FN2S. The fourth-order valence-electron chi connectivity index (χ4n) is 2.87. The van der Waals surface area contributed by atoms with E-state index in [0.29, 0.717) is 13.1 Å². The molecule has 1 N–H and O–H groups in total. The number of nitrogens with one attached hydrogen (secondary N) is 1. The van der Waals surface area contributed by atoms with Crippen molar-refractivity contribution >= 4 is 22.1 Å². The fourth-order valence-corrected chi connectivity index (χ4v) is 3.80. The van der Waals surface area contributed by atoms with Gasteiger partial charge in [0.15, 0.2) is 0 Å². The molecule has 0 saturated carbocycles. The second-order valence-corrected chi connectivity index (χ2v) is 6.99. The van der Waals surface area contributed by atoms with E-state index in [1.54, 1.807) is 23.5 Å². The highest BCUT2D eigenvalue weighted by atomic mass is 32.1. The maximum atomic E-state index is 12.9. The van der Waals surface area contributed by atoms with Crippen LogP contribution in [0.3, 0.4) is 0 Å². The van der Waals surface area contributed by atoms with Crippen molar-refractivity contribution in [2.24, 2.45) is 0 Å². The van der Waals surface area contributed by atoms with Gasteiger partial charge < -0.3 is 5.32 Å². The summed E-state index contributed by atoms with van der Waals surface area (Å²) in [6.07, 6.45) is 1.95. The molecule has 0 atom stereocenters. The van der Waals surface area contributed by atoms with Crippen LogP contribution in [0.15, 0.2) is 72.9 Å². The lowest BCUT2D eigenvalue weighted by Gasteiger charge is -2.04. The number of hydrogen-bond acceptors (Lipinski definition) is 3. The van der Waals surface area contributed by atoms with E-state index in [-0.39, 0.29) is 5.82 Å². The minimum atomic E-state index is -0.205. The standard InChI is InChI=1S/C21H17FN2S/c22-17-10-8-15(9-11-17)12-23-14-21-24-13-20(25-21)19-7-3-5-16-4-1-2-6-18(16)19/h1-11,13,23H,12,14H2. The van der Waals surface area contributed by atoms with Gasteiger partial charge in [-0.25, -0.2) is 9.37 Å². The smallest absolute Gasteiger partial charge is 0.123 e. The van der Waals surface area contributed by atoms with Crippen molar-refractivity contribution in [2.75, 3.05) is 0 Å². The number of halogens is 1. The van der Waals surface area contributed by atoms with Crippen LogP contribution >= 0.6 is 11.3 Å². The number of fused-ring (bicyclic) bond motifs is 1. The summed E-state index contributed by atoms with van der Waals surface area (Å²) in [5, 5.41) is 6.90. The lowest BCUT2D eigenvalue weighted by Crippen LogP contribution is -2.12. The Morgan fingerprint density at radius 1 is 0.880 bits per heavy atom. The SMILES string of the molecule is Fc1ccc(CNCc2ncc(-c3cccc4ccccc34)s2)cc1. The zero-order valence-electron chi connectivity index (χ0n) is 13.6. The number of thiazole rings is 1. The van der Waals surface area contributed by atoms with Gasteiger partial charge >= 0.3 is 0 Å². The molecule has 4 heteroatoms. The molecule has 0 amide bonds. The number of benzene rings is 3. The Morgan fingerprint density at radius 2 is 1.68 bits per heavy atom. The van der Waals surface area contributed by atoms with Gasteiger partial charge in [0.2, 0.25) is 0 Å². The van der Waals surface area contributed by atoms with Gasteiger partial charge in [-0.1, -0.05) is 54.6 Å². The van der Waals surface area contributed by atoms with Crippen molar-refractivity contribution < 1.29 is 4.39 Å². The molecule has 0 unspecified atom stereocenters. The van der Waals surface area contributed by atoms with Gasteiger partial charge in [-0.2, -0.15) is 0 Å². The second-order valence-electron chi connectivity index (χ2n) is 5.87. The molecule has 0 fully saturated rings. The van der Waals surface area contributed by atoms with Crippen LogP contribution in [-0.2, 0) is 13.1 Å². The van der Waals surface area contributed by atoms with Crippen LogP contribution < -0.4 is 5.32 Å². The molecule has 3 aromatic carbocycles. The topological polar surface area (TPSA) is 24.9 Å². The third-order valence-electron chi connectivity index (χ3n) is 4.13. The molecule has 0 aliphatic rings. The maximum Gasteiger partial charge on any atom is 0.123 e. The van der Waals surface area contributed by atoms with E-state index < -0.39 is 0 Å². The fraction of sp³-hybridized carbons (Fsp3) is 0.0952. The van der Waals surface area contributed by atoms with Gasteiger partial charge in [-0.05, 0) is 28.5 Å². The first kappa shape index (κ1) is 15.9. The van der Waals surface area contributed by atoms with Crippen molar-refractivity contribution in [1.82, 2.24) is 10.3 Å². The molecule has 4 aromatic rings. The molecule has 4 rings (SSSR count). The van der Waals surface area contributed by atoms with Crippen LogP contribution in [0.1, 0.15) is 10.6 Å². The predicted octanol–water partition coefficient (Wildman–Crippen LogP) is 5.39. The van der Waals surface area contributed by atoms with E-state index in [9.17, 15) is 4.39 Å². The summed E-state index contributed by atoms with van der Waals surface area (Å²) in [6, 6.07) is 21.3. The Kier molecular flexibility index (Phi) is 4.55. The molecule has 124 valence electrons. The Labute approximate surface area is 150 Å². The van der Waals surface area contributed by atoms with Crippen LogP contribution in [0.25, 0.3) is 21.2 Å².